The Bertz CT molecular complexity index is 540. The van der Waals surface area contributed by atoms with Gasteiger partial charge in [0.25, 0.3) is 0 Å². The summed E-state index contributed by atoms with van der Waals surface area (Å²) in [5.41, 5.74) is 1.34. The van der Waals surface area contributed by atoms with Gasteiger partial charge >= 0.3 is 5.97 Å². The fourth-order valence-electron chi connectivity index (χ4n) is 1.60. The zero-order chi connectivity index (χ0) is 12.3. The van der Waals surface area contributed by atoms with E-state index in [4.69, 9.17) is 4.74 Å². The molecule has 0 fully saturated rings. The van der Waals surface area contributed by atoms with Gasteiger partial charge in [0, 0.05) is 11.6 Å². The lowest BCUT2D eigenvalue weighted by molar-refractivity contribution is -0.144. The first-order valence-corrected chi connectivity index (χ1v) is 5.60. The Hall–Kier alpha value is -1.97. The molecule has 0 saturated heterocycles. The molecule has 0 aliphatic carbocycles. The fourth-order valence-corrected chi connectivity index (χ4v) is 1.60. The lowest BCUT2D eigenvalue weighted by Crippen LogP contribution is -2.14. The number of fused-ring (bicyclic) bond motifs is 1. The number of esters is 1. The van der Waals surface area contributed by atoms with Crippen LogP contribution in [0.2, 0.25) is 0 Å². The first-order valence-electron chi connectivity index (χ1n) is 5.60. The van der Waals surface area contributed by atoms with Crippen LogP contribution in [0.15, 0.2) is 30.5 Å². The normalized spacial score (nSPS) is 12.4. The van der Waals surface area contributed by atoms with Crippen LogP contribution < -0.4 is 0 Å². The molecule has 0 aliphatic heterocycles. The summed E-state index contributed by atoms with van der Waals surface area (Å²) in [5, 5.41) is 0.965. The van der Waals surface area contributed by atoms with E-state index in [1.165, 1.54) is 0 Å². The zero-order valence-corrected chi connectivity index (χ0v) is 9.88. The van der Waals surface area contributed by atoms with Gasteiger partial charge in [0.1, 0.15) is 0 Å². The van der Waals surface area contributed by atoms with Crippen LogP contribution in [0.3, 0.4) is 0 Å². The quantitative estimate of drug-likeness (QED) is 0.759. The predicted molar refractivity (Wildman–Crippen MR) is 64.6 cm³/mol. The fraction of sp³-hybridized carbons (Fsp3) is 0.308. The summed E-state index contributed by atoms with van der Waals surface area (Å²) in [6.45, 7) is 3.96. The molecular formula is C13H14N2O2. The average molecular weight is 230 g/mol. The van der Waals surface area contributed by atoms with Crippen LogP contribution in [0, 0.1) is 0 Å². The highest BCUT2D eigenvalue weighted by Gasteiger charge is 2.17. The highest BCUT2D eigenvalue weighted by atomic mass is 16.5. The maximum atomic E-state index is 11.6. The molecule has 2 heterocycles. The van der Waals surface area contributed by atoms with E-state index in [2.05, 4.69) is 9.97 Å². The van der Waals surface area contributed by atoms with Gasteiger partial charge in [-0.3, -0.25) is 4.79 Å². The third-order valence-corrected chi connectivity index (χ3v) is 2.57. The van der Waals surface area contributed by atoms with E-state index in [0.717, 1.165) is 5.39 Å². The van der Waals surface area contributed by atoms with Crippen molar-refractivity contribution in [3.05, 3.63) is 36.2 Å². The minimum atomic E-state index is -0.360. The molecule has 2 rings (SSSR count). The van der Waals surface area contributed by atoms with Crippen molar-refractivity contribution in [2.75, 3.05) is 6.61 Å². The monoisotopic (exact) mass is 230 g/mol. The maximum Gasteiger partial charge on any atom is 0.314 e. The van der Waals surface area contributed by atoms with Gasteiger partial charge in [-0.15, -0.1) is 0 Å². The van der Waals surface area contributed by atoms with E-state index < -0.39 is 0 Å². The average Bonchev–Trinajstić information content (AvgIpc) is 2.37. The van der Waals surface area contributed by atoms with E-state index >= 15 is 0 Å². The molecule has 4 nitrogen and oxygen atoms in total. The Morgan fingerprint density at radius 2 is 2.24 bits per heavy atom. The molecular weight excluding hydrogens is 216 g/mol. The Morgan fingerprint density at radius 1 is 1.41 bits per heavy atom. The molecule has 0 radical (unpaired) electrons. The molecule has 0 bridgehead atoms. The second kappa shape index (κ2) is 4.91. The van der Waals surface area contributed by atoms with Gasteiger partial charge in [0.05, 0.1) is 18.2 Å². The summed E-state index contributed by atoms with van der Waals surface area (Å²) in [5.74, 6) is -0.614. The Kier molecular flexibility index (Phi) is 3.32. The molecule has 2 aromatic rings. The summed E-state index contributed by atoms with van der Waals surface area (Å²) in [6, 6.07) is 7.55. The van der Waals surface area contributed by atoms with Crippen LogP contribution in [0.25, 0.3) is 11.0 Å². The van der Waals surface area contributed by atoms with E-state index in [1.807, 2.05) is 24.3 Å². The minimum Gasteiger partial charge on any atom is -0.465 e. The van der Waals surface area contributed by atoms with Gasteiger partial charge in [-0.05, 0) is 38.1 Å². The third kappa shape index (κ3) is 2.41. The highest BCUT2D eigenvalue weighted by molar-refractivity contribution is 5.79. The van der Waals surface area contributed by atoms with Crippen LogP contribution in [-0.2, 0) is 9.53 Å². The van der Waals surface area contributed by atoms with Crippen molar-refractivity contribution in [3.8, 4) is 0 Å². The molecule has 88 valence electrons. The van der Waals surface area contributed by atoms with Crippen LogP contribution >= 0.6 is 0 Å². The number of rotatable bonds is 3. The molecule has 1 atom stereocenters. The van der Waals surface area contributed by atoms with Gasteiger partial charge in [0.15, 0.2) is 5.65 Å². The number of aromatic nitrogens is 2. The third-order valence-electron chi connectivity index (χ3n) is 2.57. The van der Waals surface area contributed by atoms with Crippen LogP contribution in [0.1, 0.15) is 25.5 Å². The number of hydrogen-bond acceptors (Lipinski definition) is 4. The Morgan fingerprint density at radius 3 is 3.00 bits per heavy atom. The standard InChI is InChI=1S/C13H14N2O2/c1-3-17-13(16)9(2)11-7-6-10-5-4-8-14-12(10)15-11/h4-9H,3H2,1-2H3. The molecule has 0 aromatic carbocycles. The highest BCUT2D eigenvalue weighted by Crippen LogP contribution is 2.17. The second-order valence-electron chi connectivity index (χ2n) is 3.76. The summed E-state index contributed by atoms with van der Waals surface area (Å²) in [6.07, 6.45) is 1.69. The van der Waals surface area contributed by atoms with Crippen molar-refractivity contribution >= 4 is 17.0 Å². The number of nitrogens with zero attached hydrogens (tertiary/aromatic N) is 2. The molecule has 0 saturated carbocycles. The van der Waals surface area contributed by atoms with Crippen molar-refractivity contribution < 1.29 is 9.53 Å². The van der Waals surface area contributed by atoms with Crippen molar-refractivity contribution in [3.63, 3.8) is 0 Å². The number of carbonyl (C=O) groups excluding carboxylic acids is 1. The number of hydrogen-bond donors (Lipinski definition) is 0. The molecule has 2 aromatic heterocycles. The van der Waals surface area contributed by atoms with Gasteiger partial charge in [-0.25, -0.2) is 9.97 Å². The topological polar surface area (TPSA) is 52.1 Å². The lowest BCUT2D eigenvalue weighted by Gasteiger charge is -2.10. The number of ether oxygens (including phenoxy) is 1. The SMILES string of the molecule is CCOC(=O)C(C)c1ccc2cccnc2n1. The summed E-state index contributed by atoms with van der Waals surface area (Å²) in [7, 11) is 0. The smallest absolute Gasteiger partial charge is 0.314 e. The summed E-state index contributed by atoms with van der Waals surface area (Å²) >= 11 is 0. The molecule has 0 spiro atoms. The minimum absolute atomic E-state index is 0.254. The maximum absolute atomic E-state index is 11.6. The molecule has 17 heavy (non-hydrogen) atoms. The van der Waals surface area contributed by atoms with E-state index in [0.29, 0.717) is 17.9 Å². The van der Waals surface area contributed by atoms with Crippen molar-refractivity contribution in [1.82, 2.24) is 9.97 Å². The molecule has 0 N–H and O–H groups in total. The summed E-state index contributed by atoms with van der Waals surface area (Å²) in [4.78, 5) is 20.1. The Labute approximate surface area is 99.7 Å². The first kappa shape index (κ1) is 11.5. The zero-order valence-electron chi connectivity index (χ0n) is 9.88. The van der Waals surface area contributed by atoms with Crippen molar-refractivity contribution in [2.45, 2.75) is 19.8 Å². The van der Waals surface area contributed by atoms with E-state index in [9.17, 15) is 4.79 Å². The van der Waals surface area contributed by atoms with Crippen molar-refractivity contribution in [2.24, 2.45) is 0 Å². The second-order valence-corrected chi connectivity index (χ2v) is 3.76. The number of pyridine rings is 2. The van der Waals surface area contributed by atoms with Gasteiger partial charge in [0.2, 0.25) is 0 Å². The molecule has 4 heteroatoms. The molecule has 0 aliphatic rings. The lowest BCUT2D eigenvalue weighted by atomic mass is 10.1. The first-order chi connectivity index (χ1) is 8.22. The van der Waals surface area contributed by atoms with Crippen molar-refractivity contribution in [1.29, 1.82) is 0 Å². The number of carbonyl (C=O) groups is 1. The molecule has 1 unspecified atom stereocenters. The van der Waals surface area contributed by atoms with Crippen LogP contribution in [-0.4, -0.2) is 22.5 Å². The van der Waals surface area contributed by atoms with Crippen LogP contribution in [0.4, 0.5) is 0 Å². The largest absolute Gasteiger partial charge is 0.465 e. The summed E-state index contributed by atoms with van der Waals surface area (Å²) < 4.78 is 4.97. The van der Waals surface area contributed by atoms with E-state index in [1.54, 1.807) is 20.0 Å². The van der Waals surface area contributed by atoms with Crippen LogP contribution in [0.5, 0.6) is 0 Å². The van der Waals surface area contributed by atoms with Gasteiger partial charge < -0.3 is 4.74 Å². The predicted octanol–water partition coefficient (Wildman–Crippen LogP) is 2.30. The van der Waals surface area contributed by atoms with Gasteiger partial charge in [-0.1, -0.05) is 0 Å². The Balaban J connectivity index is 2.32. The van der Waals surface area contributed by atoms with Gasteiger partial charge in [-0.2, -0.15) is 0 Å². The van der Waals surface area contributed by atoms with E-state index in [-0.39, 0.29) is 11.9 Å². The molecule has 0 amide bonds.